The summed E-state index contributed by atoms with van der Waals surface area (Å²) in [6.45, 7) is 13.3. The normalized spacial score (nSPS) is 17.3. The van der Waals surface area contributed by atoms with E-state index in [1.165, 1.54) is 0 Å². The van der Waals surface area contributed by atoms with Crippen molar-refractivity contribution in [3.63, 3.8) is 0 Å². The topological polar surface area (TPSA) is 140 Å². The molecule has 0 aromatic heterocycles. The molecule has 0 saturated carbocycles. The molecule has 1 fully saturated rings. The van der Waals surface area contributed by atoms with Crippen molar-refractivity contribution in [2.75, 3.05) is 32.8 Å². The van der Waals surface area contributed by atoms with Crippen LogP contribution in [0.25, 0.3) is 10.8 Å². The number of fused-ring (bicyclic) bond motifs is 2. The number of nitrogens with zero attached hydrogens (tertiary/aromatic N) is 1. The van der Waals surface area contributed by atoms with E-state index in [2.05, 4.69) is 40.4 Å². The summed E-state index contributed by atoms with van der Waals surface area (Å²) in [7, 11) is -3.84. The highest BCUT2D eigenvalue weighted by molar-refractivity contribution is 8.00. The Labute approximate surface area is 301 Å². The standard InChI is InChI=1S/C38H52N4O6S2/c1-7-47-37(44)28-16-19-42(20-17-28)36(43)32(49-30-15-14-27-11-8-9-12-29(27)21-30)13-10-18-40-33(39)23-41-50(45,46)35-25(3)24(2)34-31(26(35)4)22-38(5,6)48-34/h8-9,11-12,14-15,21,28,32-33,40-41H,7,10,13,16-20,22-23,39H2,1-6H3. The molecule has 12 heteroatoms. The van der Waals surface area contributed by atoms with Crippen LogP contribution in [0.1, 0.15) is 68.7 Å². The van der Waals surface area contributed by atoms with E-state index in [1.807, 2.05) is 51.7 Å². The van der Waals surface area contributed by atoms with Gasteiger partial charge in [0, 0.05) is 36.5 Å². The van der Waals surface area contributed by atoms with Gasteiger partial charge in [0.2, 0.25) is 15.9 Å². The number of hydrogen-bond donors (Lipinski definition) is 3. The Balaban J connectivity index is 1.18. The highest BCUT2D eigenvalue weighted by Gasteiger charge is 2.37. The number of nitrogens with one attached hydrogen (secondary N) is 2. The number of thioether (sulfide) groups is 1. The highest BCUT2D eigenvalue weighted by Crippen LogP contribution is 2.43. The van der Waals surface area contributed by atoms with Gasteiger partial charge in [-0.1, -0.05) is 30.3 Å². The molecule has 0 bridgehead atoms. The lowest BCUT2D eigenvalue weighted by Crippen LogP contribution is -2.47. The van der Waals surface area contributed by atoms with Gasteiger partial charge < -0.3 is 25.4 Å². The maximum absolute atomic E-state index is 13.9. The maximum Gasteiger partial charge on any atom is 0.309 e. The Bertz CT molecular complexity index is 1820. The number of hydrogen-bond acceptors (Lipinski definition) is 9. The molecule has 272 valence electrons. The second-order valence-electron chi connectivity index (χ2n) is 14.1. The Kier molecular flexibility index (Phi) is 12.2. The van der Waals surface area contributed by atoms with Crippen molar-refractivity contribution in [1.82, 2.24) is 14.9 Å². The van der Waals surface area contributed by atoms with Gasteiger partial charge in [-0.2, -0.15) is 0 Å². The minimum atomic E-state index is -3.84. The average molecular weight is 725 g/mol. The number of nitrogens with two attached hydrogens (primary N) is 1. The molecule has 10 nitrogen and oxygen atoms in total. The van der Waals surface area contributed by atoms with Gasteiger partial charge in [0.15, 0.2) is 0 Å². The van der Waals surface area contributed by atoms with Crippen molar-refractivity contribution in [3.8, 4) is 5.75 Å². The Hall–Kier alpha value is -3.16. The number of sulfonamides is 1. The number of rotatable bonds is 14. The van der Waals surface area contributed by atoms with E-state index in [1.54, 1.807) is 18.7 Å². The number of benzene rings is 3. The fourth-order valence-electron chi connectivity index (χ4n) is 7.00. The second-order valence-corrected chi connectivity index (χ2v) is 17.1. The number of carbonyl (C=O) groups is 2. The summed E-state index contributed by atoms with van der Waals surface area (Å²) in [6, 6.07) is 14.4. The molecule has 2 aliphatic rings. The fourth-order valence-corrected chi connectivity index (χ4v) is 9.83. The third-order valence-corrected chi connectivity index (χ3v) is 12.7. The van der Waals surface area contributed by atoms with Gasteiger partial charge in [-0.15, -0.1) is 11.8 Å². The molecule has 50 heavy (non-hydrogen) atoms. The highest BCUT2D eigenvalue weighted by atomic mass is 32.2. The zero-order valence-electron chi connectivity index (χ0n) is 30.1. The van der Waals surface area contributed by atoms with Gasteiger partial charge in [0.05, 0.1) is 28.8 Å². The van der Waals surface area contributed by atoms with Crippen LogP contribution < -0.4 is 20.5 Å². The number of piperidine rings is 1. The van der Waals surface area contributed by atoms with Crippen LogP contribution >= 0.6 is 11.8 Å². The lowest BCUT2D eigenvalue weighted by atomic mass is 9.94. The number of ether oxygens (including phenoxy) is 2. The maximum atomic E-state index is 13.9. The number of esters is 1. The van der Waals surface area contributed by atoms with Gasteiger partial charge in [-0.05, 0) is 113 Å². The lowest BCUT2D eigenvalue weighted by Gasteiger charge is -2.33. The Morgan fingerprint density at radius 3 is 2.46 bits per heavy atom. The molecule has 3 aromatic rings. The van der Waals surface area contributed by atoms with Crippen LogP contribution in [-0.2, 0) is 30.8 Å². The number of likely N-dealkylation sites (tertiary alicyclic amines) is 1. The molecule has 3 aromatic carbocycles. The molecule has 4 N–H and O–H groups in total. The number of carbonyl (C=O) groups excluding carboxylic acids is 2. The monoisotopic (exact) mass is 724 g/mol. The van der Waals surface area contributed by atoms with Gasteiger partial charge in [-0.3, -0.25) is 9.59 Å². The summed E-state index contributed by atoms with van der Waals surface area (Å²) in [5.41, 5.74) is 9.13. The van der Waals surface area contributed by atoms with Gasteiger partial charge in [-0.25, -0.2) is 13.1 Å². The molecule has 0 aliphatic carbocycles. The van der Waals surface area contributed by atoms with Crippen molar-refractivity contribution < 1.29 is 27.5 Å². The first-order valence-electron chi connectivity index (χ1n) is 17.6. The van der Waals surface area contributed by atoms with E-state index in [0.29, 0.717) is 74.4 Å². The second kappa shape index (κ2) is 16.0. The molecule has 5 rings (SSSR count). The first-order chi connectivity index (χ1) is 23.7. The Morgan fingerprint density at radius 1 is 1.06 bits per heavy atom. The van der Waals surface area contributed by atoms with E-state index in [4.69, 9.17) is 15.2 Å². The van der Waals surface area contributed by atoms with Crippen molar-refractivity contribution in [2.45, 2.75) is 100 Å². The van der Waals surface area contributed by atoms with E-state index in [9.17, 15) is 18.0 Å². The van der Waals surface area contributed by atoms with Crippen LogP contribution in [0.5, 0.6) is 5.75 Å². The molecular formula is C38H52N4O6S2. The zero-order valence-corrected chi connectivity index (χ0v) is 31.8. The molecule has 2 aliphatic heterocycles. The van der Waals surface area contributed by atoms with Crippen molar-refractivity contribution >= 4 is 44.4 Å². The average Bonchev–Trinajstić information content (AvgIpc) is 3.43. The summed E-state index contributed by atoms with van der Waals surface area (Å²) >= 11 is 1.56. The van der Waals surface area contributed by atoms with Gasteiger partial charge >= 0.3 is 5.97 Å². The van der Waals surface area contributed by atoms with Crippen LogP contribution in [0.3, 0.4) is 0 Å². The van der Waals surface area contributed by atoms with Gasteiger partial charge in [0.1, 0.15) is 11.4 Å². The minimum Gasteiger partial charge on any atom is -0.487 e. The predicted octanol–water partition coefficient (Wildman–Crippen LogP) is 5.37. The van der Waals surface area contributed by atoms with E-state index >= 15 is 0 Å². The predicted molar refractivity (Wildman–Crippen MR) is 199 cm³/mol. The lowest BCUT2D eigenvalue weighted by molar-refractivity contribution is -0.151. The summed E-state index contributed by atoms with van der Waals surface area (Å²) in [5, 5.41) is 5.17. The molecule has 1 amide bonds. The van der Waals surface area contributed by atoms with Crippen molar-refractivity contribution in [2.24, 2.45) is 11.7 Å². The summed E-state index contributed by atoms with van der Waals surface area (Å²) in [6.07, 6.45) is 2.49. The van der Waals surface area contributed by atoms with Crippen molar-refractivity contribution in [1.29, 1.82) is 0 Å². The van der Waals surface area contributed by atoms with Crippen LogP contribution in [0.15, 0.2) is 52.3 Å². The molecule has 1 saturated heterocycles. The van der Waals surface area contributed by atoms with E-state index in [0.717, 1.165) is 32.5 Å². The zero-order chi connectivity index (χ0) is 36.2. The first-order valence-corrected chi connectivity index (χ1v) is 20.0. The molecule has 2 unspecified atom stereocenters. The van der Waals surface area contributed by atoms with Gasteiger partial charge in [0.25, 0.3) is 0 Å². The van der Waals surface area contributed by atoms with Crippen LogP contribution in [0, 0.1) is 26.7 Å². The smallest absolute Gasteiger partial charge is 0.309 e. The molecule has 2 heterocycles. The molecule has 2 atom stereocenters. The summed E-state index contributed by atoms with van der Waals surface area (Å²) in [5.74, 6) is 0.498. The number of amides is 1. The van der Waals surface area contributed by atoms with Crippen LogP contribution in [-0.4, -0.2) is 75.0 Å². The SMILES string of the molecule is CCOC(=O)C1CCN(C(=O)C(CCCNC(N)CNS(=O)(=O)c2c(C)c(C)c3c(c2C)CC(C)(C)O3)Sc2ccc3ccccc3c2)CC1. The van der Waals surface area contributed by atoms with Crippen LogP contribution in [0.2, 0.25) is 0 Å². The van der Waals surface area contributed by atoms with Crippen LogP contribution in [0.4, 0.5) is 0 Å². The first kappa shape index (κ1) is 38.1. The van der Waals surface area contributed by atoms with Crippen molar-refractivity contribution in [3.05, 3.63) is 64.7 Å². The molecule has 0 spiro atoms. The summed E-state index contributed by atoms with van der Waals surface area (Å²) < 4.78 is 41.2. The molecule has 0 radical (unpaired) electrons. The summed E-state index contributed by atoms with van der Waals surface area (Å²) in [4.78, 5) is 29.3. The minimum absolute atomic E-state index is 0.0168. The Morgan fingerprint density at radius 2 is 1.76 bits per heavy atom. The largest absolute Gasteiger partial charge is 0.487 e. The van der Waals surface area contributed by atoms with E-state index in [-0.39, 0.29) is 35.2 Å². The quantitative estimate of drug-likeness (QED) is 0.0867. The molecular weight excluding hydrogens is 673 g/mol. The van der Waals surface area contributed by atoms with E-state index < -0.39 is 16.2 Å². The third-order valence-electron chi connectivity index (χ3n) is 9.80. The third kappa shape index (κ3) is 8.82. The fraction of sp³-hybridized carbons (Fsp3) is 0.526.